The Hall–Kier alpha value is -2.95. The van der Waals surface area contributed by atoms with Crippen LogP contribution in [-0.2, 0) is 6.54 Å². The van der Waals surface area contributed by atoms with Crippen LogP contribution in [0.25, 0.3) is 10.9 Å². The summed E-state index contributed by atoms with van der Waals surface area (Å²) in [4.78, 5) is 28.1. The van der Waals surface area contributed by atoms with Crippen molar-refractivity contribution in [3.05, 3.63) is 60.0 Å². The zero-order valence-corrected chi connectivity index (χ0v) is 13.5. The van der Waals surface area contributed by atoms with Gasteiger partial charge in [0.1, 0.15) is 5.69 Å². The van der Waals surface area contributed by atoms with Gasteiger partial charge in [0.15, 0.2) is 6.29 Å². The van der Waals surface area contributed by atoms with Crippen LogP contribution < -0.4 is 5.32 Å². The molecule has 1 aromatic carbocycles. The molecule has 0 bridgehead atoms. The molecule has 2 heterocycles. The van der Waals surface area contributed by atoms with Crippen LogP contribution in [0.1, 0.15) is 40.6 Å². The van der Waals surface area contributed by atoms with Crippen molar-refractivity contribution in [3.8, 4) is 0 Å². The molecule has 0 radical (unpaired) electrons. The van der Waals surface area contributed by atoms with Gasteiger partial charge in [0.05, 0.1) is 16.8 Å². The number of aryl methyl sites for hydroxylation is 1. The van der Waals surface area contributed by atoms with Gasteiger partial charge in [-0.1, -0.05) is 31.5 Å². The molecule has 2 aromatic heterocycles. The number of fused-ring (bicyclic) bond motifs is 1. The number of aldehydes is 1. The van der Waals surface area contributed by atoms with Crippen molar-refractivity contribution in [1.29, 1.82) is 0 Å². The number of rotatable bonds is 6. The number of unbranched alkanes of at least 4 members (excludes halogenated alkanes) is 1. The number of hydrogen-bond donors (Lipinski definition) is 1. The van der Waals surface area contributed by atoms with Crippen LogP contribution >= 0.6 is 0 Å². The van der Waals surface area contributed by atoms with Gasteiger partial charge in [0.2, 0.25) is 0 Å². The Morgan fingerprint density at radius 2 is 2.08 bits per heavy atom. The molecule has 3 aromatic rings. The van der Waals surface area contributed by atoms with Gasteiger partial charge in [-0.2, -0.15) is 0 Å². The van der Waals surface area contributed by atoms with Gasteiger partial charge in [-0.25, -0.2) is 0 Å². The van der Waals surface area contributed by atoms with E-state index in [1.807, 2.05) is 28.8 Å². The van der Waals surface area contributed by atoms with Gasteiger partial charge in [-0.3, -0.25) is 14.6 Å². The standard InChI is InChI=1S/C19H19N3O2/c1-2-3-11-22-16-9-5-4-8-15(16)18(17(22)13-23)21-19(24)14-7-6-10-20-12-14/h4-10,12-13H,2-3,11H2,1H3,(H,21,24). The minimum absolute atomic E-state index is 0.274. The number of anilines is 1. The molecule has 0 atom stereocenters. The molecular formula is C19H19N3O2. The number of aromatic nitrogens is 2. The minimum atomic E-state index is -0.274. The Bertz CT molecular complexity index is 869. The molecule has 0 unspecified atom stereocenters. The average Bonchev–Trinajstić information content (AvgIpc) is 2.93. The first kappa shape index (κ1) is 15.9. The lowest BCUT2D eigenvalue weighted by Crippen LogP contribution is -2.14. The van der Waals surface area contributed by atoms with Gasteiger partial charge in [0.25, 0.3) is 5.91 Å². The van der Waals surface area contributed by atoms with Crippen LogP contribution in [0, 0.1) is 0 Å². The van der Waals surface area contributed by atoms with E-state index in [2.05, 4.69) is 17.2 Å². The van der Waals surface area contributed by atoms with Crippen LogP contribution in [0.4, 0.5) is 5.69 Å². The zero-order chi connectivity index (χ0) is 16.9. The predicted molar refractivity (Wildman–Crippen MR) is 94.4 cm³/mol. The largest absolute Gasteiger partial charge is 0.337 e. The molecule has 0 fully saturated rings. The molecule has 3 rings (SSSR count). The monoisotopic (exact) mass is 321 g/mol. The zero-order valence-electron chi connectivity index (χ0n) is 13.5. The van der Waals surface area contributed by atoms with E-state index in [0.717, 1.165) is 36.6 Å². The first-order chi connectivity index (χ1) is 11.8. The van der Waals surface area contributed by atoms with Crippen molar-refractivity contribution in [2.45, 2.75) is 26.3 Å². The van der Waals surface area contributed by atoms with Crippen molar-refractivity contribution < 1.29 is 9.59 Å². The van der Waals surface area contributed by atoms with E-state index in [0.29, 0.717) is 16.9 Å². The Labute approximate surface area is 140 Å². The lowest BCUT2D eigenvalue weighted by molar-refractivity contribution is 0.102. The number of hydrogen-bond acceptors (Lipinski definition) is 3. The fraction of sp³-hybridized carbons (Fsp3) is 0.211. The summed E-state index contributed by atoms with van der Waals surface area (Å²) in [5.41, 5.74) is 2.47. The summed E-state index contributed by atoms with van der Waals surface area (Å²) in [5.74, 6) is -0.274. The summed E-state index contributed by atoms with van der Waals surface area (Å²) in [5, 5.41) is 3.76. The third kappa shape index (κ3) is 2.93. The van der Waals surface area contributed by atoms with E-state index >= 15 is 0 Å². The second-order valence-corrected chi connectivity index (χ2v) is 5.60. The van der Waals surface area contributed by atoms with Crippen molar-refractivity contribution >= 4 is 28.8 Å². The molecule has 5 nitrogen and oxygen atoms in total. The molecule has 122 valence electrons. The summed E-state index contributed by atoms with van der Waals surface area (Å²) in [6.45, 7) is 2.85. The van der Waals surface area contributed by atoms with Crippen molar-refractivity contribution in [3.63, 3.8) is 0 Å². The molecular weight excluding hydrogens is 302 g/mol. The third-order valence-electron chi connectivity index (χ3n) is 4.02. The number of amides is 1. The lowest BCUT2D eigenvalue weighted by Gasteiger charge is -2.07. The average molecular weight is 321 g/mol. The SMILES string of the molecule is CCCCn1c(C=O)c(NC(=O)c2cccnc2)c2ccccc21. The van der Waals surface area contributed by atoms with Gasteiger partial charge in [-0.15, -0.1) is 0 Å². The summed E-state index contributed by atoms with van der Waals surface area (Å²) in [6, 6.07) is 11.1. The summed E-state index contributed by atoms with van der Waals surface area (Å²) in [6.07, 6.45) is 5.93. The highest BCUT2D eigenvalue weighted by Crippen LogP contribution is 2.31. The van der Waals surface area contributed by atoms with Gasteiger partial charge in [-0.05, 0) is 24.6 Å². The molecule has 0 aliphatic heterocycles. The number of pyridine rings is 1. The molecule has 1 N–H and O–H groups in total. The quantitative estimate of drug-likeness (QED) is 0.700. The van der Waals surface area contributed by atoms with Gasteiger partial charge >= 0.3 is 0 Å². The fourth-order valence-corrected chi connectivity index (χ4v) is 2.82. The number of para-hydroxylation sites is 1. The van der Waals surface area contributed by atoms with Crippen LogP contribution in [0.15, 0.2) is 48.8 Å². The highest BCUT2D eigenvalue weighted by Gasteiger charge is 2.18. The molecule has 5 heteroatoms. The van der Waals surface area contributed by atoms with Crippen molar-refractivity contribution in [2.75, 3.05) is 5.32 Å². The first-order valence-electron chi connectivity index (χ1n) is 8.04. The fourth-order valence-electron chi connectivity index (χ4n) is 2.82. The molecule has 0 saturated carbocycles. The normalized spacial score (nSPS) is 10.7. The number of carbonyl (C=O) groups is 2. The Morgan fingerprint density at radius 3 is 2.79 bits per heavy atom. The lowest BCUT2D eigenvalue weighted by atomic mass is 10.2. The van der Waals surface area contributed by atoms with E-state index in [1.165, 1.54) is 6.20 Å². The van der Waals surface area contributed by atoms with Crippen LogP contribution in [0.5, 0.6) is 0 Å². The molecule has 0 aliphatic rings. The van der Waals surface area contributed by atoms with E-state index < -0.39 is 0 Å². The van der Waals surface area contributed by atoms with Crippen molar-refractivity contribution in [2.24, 2.45) is 0 Å². The summed E-state index contributed by atoms with van der Waals surface area (Å²) < 4.78 is 1.98. The summed E-state index contributed by atoms with van der Waals surface area (Å²) in [7, 11) is 0. The number of carbonyl (C=O) groups excluding carboxylic acids is 2. The maximum atomic E-state index is 12.5. The second kappa shape index (κ2) is 7.08. The van der Waals surface area contributed by atoms with E-state index in [4.69, 9.17) is 0 Å². The van der Waals surface area contributed by atoms with Gasteiger partial charge in [0, 0.05) is 24.3 Å². The maximum Gasteiger partial charge on any atom is 0.257 e. The highest BCUT2D eigenvalue weighted by molar-refractivity contribution is 6.12. The Balaban J connectivity index is 2.06. The number of nitrogens with one attached hydrogen (secondary N) is 1. The van der Waals surface area contributed by atoms with Crippen molar-refractivity contribution in [1.82, 2.24) is 9.55 Å². The van der Waals surface area contributed by atoms with Gasteiger partial charge < -0.3 is 9.88 Å². The number of benzene rings is 1. The Morgan fingerprint density at radius 1 is 1.25 bits per heavy atom. The van der Waals surface area contributed by atoms with E-state index in [9.17, 15) is 9.59 Å². The molecule has 0 spiro atoms. The van der Waals surface area contributed by atoms with Crippen LogP contribution in [0.3, 0.4) is 0 Å². The molecule has 1 amide bonds. The molecule has 24 heavy (non-hydrogen) atoms. The summed E-state index contributed by atoms with van der Waals surface area (Å²) >= 11 is 0. The van der Waals surface area contributed by atoms with E-state index in [-0.39, 0.29) is 5.91 Å². The van der Waals surface area contributed by atoms with E-state index in [1.54, 1.807) is 18.3 Å². The second-order valence-electron chi connectivity index (χ2n) is 5.60. The van der Waals surface area contributed by atoms with Crippen LogP contribution in [0.2, 0.25) is 0 Å². The number of nitrogens with zero attached hydrogens (tertiary/aromatic N) is 2. The third-order valence-corrected chi connectivity index (χ3v) is 4.02. The minimum Gasteiger partial charge on any atom is -0.337 e. The first-order valence-corrected chi connectivity index (χ1v) is 8.04. The maximum absolute atomic E-state index is 12.5. The van der Waals surface area contributed by atoms with Crippen LogP contribution in [-0.4, -0.2) is 21.7 Å². The highest BCUT2D eigenvalue weighted by atomic mass is 16.1. The smallest absolute Gasteiger partial charge is 0.257 e. The molecule has 0 saturated heterocycles. The Kier molecular flexibility index (Phi) is 4.70. The molecule has 0 aliphatic carbocycles. The topological polar surface area (TPSA) is 64.0 Å². The predicted octanol–water partition coefficient (Wildman–Crippen LogP) is 3.90.